The molecule has 2 rings (SSSR count). The Morgan fingerprint density at radius 2 is 1.56 bits per heavy atom. The zero-order valence-corrected chi connectivity index (χ0v) is 10.7. The van der Waals surface area contributed by atoms with Gasteiger partial charge >= 0.3 is 0 Å². The van der Waals surface area contributed by atoms with E-state index >= 15 is 0 Å². The molecule has 92 valence electrons. The maximum atomic E-state index is 12.2. The molecule has 0 radical (unpaired) electrons. The van der Waals surface area contributed by atoms with Crippen LogP contribution in [0.5, 0.6) is 0 Å². The second kappa shape index (κ2) is 5.19. The third-order valence-electron chi connectivity index (χ3n) is 2.72. The van der Waals surface area contributed by atoms with E-state index in [9.17, 15) is 8.42 Å². The van der Waals surface area contributed by atoms with Crippen molar-refractivity contribution in [3.63, 3.8) is 0 Å². The molecule has 3 heteroatoms. The molecule has 0 aliphatic heterocycles. The molecule has 0 bridgehead atoms. The summed E-state index contributed by atoms with van der Waals surface area (Å²) < 4.78 is 24.5. The monoisotopic (exact) mass is 258 g/mol. The van der Waals surface area contributed by atoms with Crippen LogP contribution in [0.3, 0.4) is 0 Å². The lowest BCUT2D eigenvalue weighted by Crippen LogP contribution is -2.05. The molecule has 0 aliphatic carbocycles. The van der Waals surface area contributed by atoms with Gasteiger partial charge in [0.05, 0.1) is 10.6 Å². The number of benzene rings is 2. The van der Waals surface area contributed by atoms with E-state index in [1.165, 1.54) is 0 Å². The van der Waals surface area contributed by atoms with Crippen LogP contribution in [-0.4, -0.2) is 8.42 Å². The first-order valence-corrected chi connectivity index (χ1v) is 7.27. The van der Waals surface area contributed by atoms with Crippen LogP contribution in [-0.2, 0) is 15.6 Å². The van der Waals surface area contributed by atoms with E-state index in [0.717, 1.165) is 11.1 Å². The van der Waals surface area contributed by atoms with Gasteiger partial charge < -0.3 is 0 Å². The van der Waals surface area contributed by atoms with Gasteiger partial charge in [0, 0.05) is 0 Å². The van der Waals surface area contributed by atoms with Gasteiger partial charge in [-0.2, -0.15) is 0 Å². The van der Waals surface area contributed by atoms with Crippen molar-refractivity contribution in [2.45, 2.75) is 10.6 Å². The predicted octanol–water partition coefficient (Wildman–Crippen LogP) is 3.30. The molecular formula is C15H14O2S. The van der Waals surface area contributed by atoms with Crippen LogP contribution < -0.4 is 0 Å². The van der Waals surface area contributed by atoms with Crippen molar-refractivity contribution in [3.8, 4) is 0 Å². The maximum Gasteiger partial charge on any atom is 0.182 e. The fourth-order valence-corrected chi connectivity index (χ4v) is 3.19. The van der Waals surface area contributed by atoms with E-state index in [4.69, 9.17) is 0 Å². The minimum Gasteiger partial charge on any atom is -0.223 e. The molecule has 0 aromatic heterocycles. The molecule has 0 aliphatic rings. The van der Waals surface area contributed by atoms with Crippen molar-refractivity contribution in [1.82, 2.24) is 0 Å². The standard InChI is InChI=1S/C15H14O2S/c1-2-13-8-6-7-9-14(13)12-18(16,17)15-10-4-3-5-11-15/h2-11H,1,12H2. The average molecular weight is 258 g/mol. The summed E-state index contributed by atoms with van der Waals surface area (Å²) in [4.78, 5) is 0.351. The van der Waals surface area contributed by atoms with Crippen molar-refractivity contribution < 1.29 is 8.42 Å². The largest absolute Gasteiger partial charge is 0.223 e. The summed E-state index contributed by atoms with van der Waals surface area (Å²) in [6.07, 6.45) is 1.68. The van der Waals surface area contributed by atoms with E-state index in [0.29, 0.717) is 4.90 Å². The Morgan fingerprint density at radius 3 is 2.22 bits per heavy atom. The van der Waals surface area contributed by atoms with Crippen molar-refractivity contribution in [3.05, 3.63) is 72.3 Å². The molecule has 0 unspecified atom stereocenters. The van der Waals surface area contributed by atoms with Crippen LogP contribution in [0.15, 0.2) is 66.1 Å². The summed E-state index contributed by atoms with van der Waals surface area (Å²) in [6.45, 7) is 3.70. The summed E-state index contributed by atoms with van der Waals surface area (Å²) in [5.41, 5.74) is 1.63. The highest BCUT2D eigenvalue weighted by atomic mass is 32.2. The Morgan fingerprint density at radius 1 is 0.944 bits per heavy atom. The zero-order valence-electron chi connectivity index (χ0n) is 9.91. The van der Waals surface area contributed by atoms with E-state index in [2.05, 4.69) is 6.58 Å². The molecule has 0 heterocycles. The van der Waals surface area contributed by atoms with Crippen molar-refractivity contribution in [1.29, 1.82) is 0 Å². The van der Waals surface area contributed by atoms with Gasteiger partial charge in [-0.1, -0.05) is 55.1 Å². The van der Waals surface area contributed by atoms with Crippen LogP contribution in [0.4, 0.5) is 0 Å². The molecule has 18 heavy (non-hydrogen) atoms. The van der Waals surface area contributed by atoms with Crippen LogP contribution in [0.1, 0.15) is 11.1 Å². The average Bonchev–Trinajstić information content (AvgIpc) is 2.40. The molecule has 0 fully saturated rings. The van der Waals surface area contributed by atoms with Crippen LogP contribution in [0.2, 0.25) is 0 Å². The van der Waals surface area contributed by atoms with Gasteiger partial charge in [0.2, 0.25) is 0 Å². The molecule has 0 amide bonds. The highest BCUT2D eigenvalue weighted by Crippen LogP contribution is 2.19. The molecule has 0 saturated carbocycles. The molecule has 2 nitrogen and oxygen atoms in total. The van der Waals surface area contributed by atoms with E-state index in [-0.39, 0.29) is 5.75 Å². The lowest BCUT2D eigenvalue weighted by Gasteiger charge is -2.07. The van der Waals surface area contributed by atoms with Gasteiger partial charge in [-0.25, -0.2) is 8.42 Å². The molecule has 0 N–H and O–H groups in total. The summed E-state index contributed by atoms with van der Waals surface area (Å²) in [6, 6.07) is 15.9. The van der Waals surface area contributed by atoms with Crippen LogP contribution in [0, 0.1) is 0 Å². The quantitative estimate of drug-likeness (QED) is 0.843. The topological polar surface area (TPSA) is 34.1 Å². The minimum absolute atomic E-state index is 0.000787. The third kappa shape index (κ3) is 2.68. The maximum absolute atomic E-state index is 12.2. The predicted molar refractivity (Wildman–Crippen MR) is 73.9 cm³/mol. The summed E-state index contributed by atoms with van der Waals surface area (Å²) >= 11 is 0. The fourth-order valence-electron chi connectivity index (χ4n) is 1.78. The van der Waals surface area contributed by atoms with Crippen LogP contribution >= 0.6 is 0 Å². The molecule has 0 atom stereocenters. The fraction of sp³-hybridized carbons (Fsp3) is 0.0667. The first-order valence-electron chi connectivity index (χ1n) is 5.61. The van der Waals surface area contributed by atoms with Gasteiger partial charge in [0.1, 0.15) is 0 Å². The Bertz CT molecular complexity index is 643. The van der Waals surface area contributed by atoms with Crippen molar-refractivity contribution in [2.75, 3.05) is 0 Å². The zero-order chi connectivity index (χ0) is 13.0. The lowest BCUT2D eigenvalue weighted by atomic mass is 10.1. The molecule has 2 aromatic carbocycles. The Labute approximate surface area is 108 Å². The number of sulfone groups is 1. The second-order valence-corrected chi connectivity index (χ2v) is 5.96. The molecule has 0 saturated heterocycles. The van der Waals surface area contributed by atoms with Crippen LogP contribution in [0.25, 0.3) is 6.08 Å². The van der Waals surface area contributed by atoms with Gasteiger partial charge in [0.15, 0.2) is 9.84 Å². The highest BCUT2D eigenvalue weighted by Gasteiger charge is 2.15. The SMILES string of the molecule is C=Cc1ccccc1CS(=O)(=O)c1ccccc1. The number of hydrogen-bond donors (Lipinski definition) is 0. The third-order valence-corrected chi connectivity index (χ3v) is 4.40. The summed E-state index contributed by atoms with van der Waals surface area (Å²) in [7, 11) is -3.29. The summed E-state index contributed by atoms with van der Waals surface area (Å²) in [5.74, 6) is -0.000787. The number of rotatable bonds is 4. The first kappa shape index (κ1) is 12.6. The first-order chi connectivity index (χ1) is 8.63. The van der Waals surface area contributed by atoms with Crippen molar-refractivity contribution in [2.24, 2.45) is 0 Å². The summed E-state index contributed by atoms with van der Waals surface area (Å²) in [5, 5.41) is 0. The highest BCUT2D eigenvalue weighted by molar-refractivity contribution is 7.90. The van der Waals surface area contributed by atoms with Gasteiger partial charge in [-0.3, -0.25) is 0 Å². The number of hydrogen-bond acceptors (Lipinski definition) is 2. The lowest BCUT2D eigenvalue weighted by molar-refractivity contribution is 0.595. The second-order valence-electron chi connectivity index (χ2n) is 3.98. The molecule has 2 aromatic rings. The minimum atomic E-state index is -3.29. The normalized spacial score (nSPS) is 11.1. The van der Waals surface area contributed by atoms with Crippen molar-refractivity contribution >= 4 is 15.9 Å². The van der Waals surface area contributed by atoms with E-state index in [1.807, 2.05) is 24.3 Å². The Kier molecular flexibility index (Phi) is 3.63. The molecule has 0 spiro atoms. The van der Waals surface area contributed by atoms with E-state index in [1.54, 1.807) is 36.4 Å². The Balaban J connectivity index is 2.37. The van der Waals surface area contributed by atoms with Gasteiger partial charge in [-0.05, 0) is 23.3 Å². The van der Waals surface area contributed by atoms with Gasteiger partial charge in [0.25, 0.3) is 0 Å². The smallest absolute Gasteiger partial charge is 0.182 e. The van der Waals surface area contributed by atoms with Gasteiger partial charge in [-0.15, -0.1) is 0 Å². The molecular weight excluding hydrogens is 244 g/mol. The van der Waals surface area contributed by atoms with E-state index < -0.39 is 9.84 Å². The Hall–Kier alpha value is -1.87.